The molecule has 2 N–H and O–H groups in total. The predicted octanol–water partition coefficient (Wildman–Crippen LogP) is 2.64. The lowest BCUT2D eigenvalue weighted by molar-refractivity contribution is -0.131. The summed E-state index contributed by atoms with van der Waals surface area (Å²) in [5, 5.41) is 11.2. The van der Waals surface area contributed by atoms with Crippen LogP contribution in [0.2, 0.25) is 0 Å². The van der Waals surface area contributed by atoms with Crippen LogP contribution < -0.4 is 5.32 Å². The number of carbonyl (C=O) groups is 2. The second-order valence-electron chi connectivity index (χ2n) is 4.44. The molecule has 108 valence electrons. The van der Waals surface area contributed by atoms with E-state index in [0.29, 0.717) is 22.4 Å². The van der Waals surface area contributed by atoms with E-state index >= 15 is 0 Å². The van der Waals surface area contributed by atoms with Crippen molar-refractivity contribution in [2.24, 2.45) is 0 Å². The Morgan fingerprint density at radius 2 is 2.10 bits per heavy atom. The number of amides is 1. The maximum absolute atomic E-state index is 12.2. The van der Waals surface area contributed by atoms with Gasteiger partial charge in [-0.2, -0.15) is 4.98 Å². The Hall–Kier alpha value is -2.89. The first-order valence-corrected chi connectivity index (χ1v) is 6.21. The first kappa shape index (κ1) is 14.5. The van der Waals surface area contributed by atoms with Gasteiger partial charge in [-0.05, 0) is 37.1 Å². The number of benzene rings is 1. The summed E-state index contributed by atoms with van der Waals surface area (Å²) in [6, 6.07) is 5.20. The number of anilines is 1. The molecule has 0 aliphatic heterocycles. The molecule has 1 heterocycles. The minimum absolute atomic E-state index is 0.128. The highest BCUT2D eigenvalue weighted by molar-refractivity contribution is 6.04. The standard InChI is InChI=1S/C15H14N2O4/c1-9-8-21-15(16-9)17-14(20)12-5-3-4-11(10(12)2)6-7-13(18)19/h3-8H,1-2H3,(H,18,19)(H,16,17,20)/b7-6+. The third-order valence-corrected chi connectivity index (χ3v) is 2.87. The number of carboxylic acid groups (broad SMARTS) is 1. The molecule has 1 amide bonds. The monoisotopic (exact) mass is 286 g/mol. The van der Waals surface area contributed by atoms with Crippen LogP contribution in [0.4, 0.5) is 6.01 Å². The molecule has 0 aliphatic rings. The van der Waals surface area contributed by atoms with Crippen molar-refractivity contribution in [3.63, 3.8) is 0 Å². The number of hydrogen-bond donors (Lipinski definition) is 2. The van der Waals surface area contributed by atoms with Crippen LogP contribution in [-0.2, 0) is 4.79 Å². The van der Waals surface area contributed by atoms with E-state index < -0.39 is 5.97 Å². The molecule has 6 heteroatoms. The van der Waals surface area contributed by atoms with Gasteiger partial charge in [0, 0.05) is 11.6 Å². The minimum Gasteiger partial charge on any atom is -0.478 e. The van der Waals surface area contributed by atoms with Crippen LogP contribution in [0.15, 0.2) is 35.0 Å². The van der Waals surface area contributed by atoms with Crippen LogP contribution in [-0.4, -0.2) is 22.0 Å². The maximum atomic E-state index is 12.2. The molecule has 0 unspecified atom stereocenters. The highest BCUT2D eigenvalue weighted by atomic mass is 16.4. The fourth-order valence-corrected chi connectivity index (χ4v) is 1.82. The summed E-state index contributed by atoms with van der Waals surface area (Å²) >= 11 is 0. The summed E-state index contributed by atoms with van der Waals surface area (Å²) in [6.07, 6.45) is 3.92. The molecule has 1 aromatic carbocycles. The van der Waals surface area contributed by atoms with Crippen LogP contribution in [0.1, 0.15) is 27.2 Å². The van der Waals surface area contributed by atoms with E-state index in [-0.39, 0.29) is 11.9 Å². The Bertz CT molecular complexity index is 716. The van der Waals surface area contributed by atoms with Gasteiger partial charge in [-0.1, -0.05) is 12.1 Å². The van der Waals surface area contributed by atoms with Crippen LogP contribution in [0, 0.1) is 13.8 Å². The zero-order valence-electron chi connectivity index (χ0n) is 11.6. The van der Waals surface area contributed by atoms with Crippen molar-refractivity contribution < 1.29 is 19.1 Å². The summed E-state index contributed by atoms with van der Waals surface area (Å²) in [5.74, 6) is -1.40. The van der Waals surface area contributed by atoms with Crippen molar-refractivity contribution in [3.05, 3.63) is 52.9 Å². The van der Waals surface area contributed by atoms with E-state index in [1.807, 2.05) is 0 Å². The van der Waals surface area contributed by atoms with E-state index in [1.165, 1.54) is 12.3 Å². The summed E-state index contributed by atoms with van der Waals surface area (Å²) in [4.78, 5) is 26.7. The molecule has 0 atom stereocenters. The van der Waals surface area contributed by atoms with E-state index in [2.05, 4.69) is 10.3 Å². The van der Waals surface area contributed by atoms with E-state index in [0.717, 1.165) is 6.08 Å². The van der Waals surface area contributed by atoms with Crippen LogP contribution in [0.25, 0.3) is 6.08 Å². The van der Waals surface area contributed by atoms with Crippen molar-refractivity contribution in [3.8, 4) is 0 Å². The molecule has 0 fully saturated rings. The van der Waals surface area contributed by atoms with Gasteiger partial charge in [0.2, 0.25) is 0 Å². The van der Waals surface area contributed by atoms with Crippen molar-refractivity contribution in [1.29, 1.82) is 0 Å². The number of carboxylic acids is 1. The van der Waals surface area contributed by atoms with Gasteiger partial charge >= 0.3 is 12.0 Å². The molecule has 0 saturated heterocycles. The molecule has 2 rings (SSSR count). The third kappa shape index (κ3) is 3.56. The van der Waals surface area contributed by atoms with E-state index in [4.69, 9.17) is 9.52 Å². The lowest BCUT2D eigenvalue weighted by Gasteiger charge is -2.07. The Balaban J connectivity index is 2.25. The van der Waals surface area contributed by atoms with Gasteiger partial charge in [-0.3, -0.25) is 10.1 Å². The molecule has 1 aromatic heterocycles. The van der Waals surface area contributed by atoms with Gasteiger partial charge < -0.3 is 9.52 Å². The normalized spacial score (nSPS) is 10.8. The SMILES string of the molecule is Cc1coc(NC(=O)c2cccc(/C=C/C(=O)O)c2C)n1. The molecular weight excluding hydrogens is 272 g/mol. The number of hydrogen-bond acceptors (Lipinski definition) is 4. The molecular formula is C15H14N2O4. The van der Waals surface area contributed by atoms with Crippen molar-refractivity contribution in [2.45, 2.75) is 13.8 Å². The molecule has 0 aliphatic carbocycles. The molecule has 2 aromatic rings. The number of carbonyl (C=O) groups excluding carboxylic acids is 1. The van der Waals surface area contributed by atoms with E-state index in [1.54, 1.807) is 32.0 Å². The van der Waals surface area contributed by atoms with E-state index in [9.17, 15) is 9.59 Å². The Kier molecular flexibility index (Phi) is 4.18. The minimum atomic E-state index is -1.04. The number of oxazole rings is 1. The summed E-state index contributed by atoms with van der Waals surface area (Å²) in [7, 11) is 0. The topological polar surface area (TPSA) is 92.4 Å². The molecule has 21 heavy (non-hydrogen) atoms. The molecule has 0 bridgehead atoms. The van der Waals surface area contributed by atoms with Gasteiger partial charge in [0.25, 0.3) is 5.91 Å². The third-order valence-electron chi connectivity index (χ3n) is 2.87. The summed E-state index contributed by atoms with van der Waals surface area (Å²) in [6.45, 7) is 3.50. The lowest BCUT2D eigenvalue weighted by atomic mass is 10.0. The quantitative estimate of drug-likeness (QED) is 0.843. The van der Waals surface area contributed by atoms with Crippen molar-refractivity contribution in [2.75, 3.05) is 5.32 Å². The van der Waals surface area contributed by atoms with Gasteiger partial charge in [-0.15, -0.1) is 0 Å². The first-order valence-electron chi connectivity index (χ1n) is 6.21. The van der Waals surface area contributed by atoms with Crippen LogP contribution >= 0.6 is 0 Å². The van der Waals surface area contributed by atoms with Gasteiger partial charge in [0.1, 0.15) is 6.26 Å². The summed E-state index contributed by atoms with van der Waals surface area (Å²) < 4.78 is 5.07. The molecule has 6 nitrogen and oxygen atoms in total. The zero-order valence-corrected chi connectivity index (χ0v) is 11.6. The smallest absolute Gasteiger partial charge is 0.328 e. The molecule has 0 saturated carbocycles. The highest BCUT2D eigenvalue weighted by Crippen LogP contribution is 2.17. The number of aromatic nitrogens is 1. The van der Waals surface area contributed by atoms with Crippen molar-refractivity contribution >= 4 is 24.0 Å². The number of nitrogens with zero attached hydrogens (tertiary/aromatic N) is 1. The second kappa shape index (κ2) is 6.04. The number of nitrogens with one attached hydrogen (secondary N) is 1. The van der Waals surface area contributed by atoms with Gasteiger partial charge in [-0.25, -0.2) is 4.79 Å². The second-order valence-corrected chi connectivity index (χ2v) is 4.44. The number of rotatable bonds is 4. The average molecular weight is 286 g/mol. The molecule has 0 spiro atoms. The largest absolute Gasteiger partial charge is 0.478 e. The average Bonchev–Trinajstić information content (AvgIpc) is 2.82. The Morgan fingerprint density at radius 1 is 1.33 bits per heavy atom. The predicted molar refractivity (Wildman–Crippen MR) is 77.0 cm³/mol. The fourth-order valence-electron chi connectivity index (χ4n) is 1.82. The number of aliphatic carboxylic acids is 1. The molecule has 0 radical (unpaired) electrons. The van der Waals surface area contributed by atoms with Crippen LogP contribution in [0.5, 0.6) is 0 Å². The number of aryl methyl sites for hydroxylation is 1. The van der Waals surface area contributed by atoms with Crippen molar-refractivity contribution in [1.82, 2.24) is 4.98 Å². The maximum Gasteiger partial charge on any atom is 0.328 e. The lowest BCUT2D eigenvalue weighted by Crippen LogP contribution is -2.14. The highest BCUT2D eigenvalue weighted by Gasteiger charge is 2.13. The van der Waals surface area contributed by atoms with Gasteiger partial charge in [0.05, 0.1) is 5.69 Å². The zero-order chi connectivity index (χ0) is 15.4. The van der Waals surface area contributed by atoms with Crippen LogP contribution in [0.3, 0.4) is 0 Å². The Morgan fingerprint density at radius 3 is 2.71 bits per heavy atom. The fraction of sp³-hybridized carbons (Fsp3) is 0.133. The Labute approximate surface area is 121 Å². The van der Waals surface area contributed by atoms with Gasteiger partial charge in [0.15, 0.2) is 0 Å². The first-order chi connectivity index (χ1) is 9.97. The summed E-state index contributed by atoms with van der Waals surface area (Å²) in [5.41, 5.74) is 2.43.